The molecular formula is C36H24N2. The van der Waals surface area contributed by atoms with Gasteiger partial charge in [0.15, 0.2) is 0 Å². The summed E-state index contributed by atoms with van der Waals surface area (Å²) in [5, 5.41) is 2.11. The molecule has 0 aliphatic heterocycles. The van der Waals surface area contributed by atoms with E-state index in [-0.39, 0.29) is 46.0 Å². The summed E-state index contributed by atoms with van der Waals surface area (Å²) in [5.74, 6) is 0. The lowest BCUT2D eigenvalue weighted by atomic mass is 10.1. The first kappa shape index (κ1) is 14.6. The number of para-hydroxylation sites is 3. The fourth-order valence-electron chi connectivity index (χ4n) is 5.51. The van der Waals surface area contributed by atoms with E-state index in [2.05, 4.69) is 41.0 Å². The van der Waals surface area contributed by atoms with Crippen LogP contribution >= 0.6 is 0 Å². The molecule has 0 spiro atoms. The van der Waals surface area contributed by atoms with Crippen LogP contribution in [0.15, 0.2) is 145 Å². The smallest absolute Gasteiger partial charge is 0.0645 e. The second-order valence-corrected chi connectivity index (χ2v) is 9.25. The second-order valence-electron chi connectivity index (χ2n) is 9.25. The van der Waals surface area contributed by atoms with Crippen molar-refractivity contribution in [3.8, 4) is 22.5 Å². The highest BCUT2D eigenvalue weighted by atomic mass is 15.0. The van der Waals surface area contributed by atoms with E-state index < -0.39 is 24.2 Å². The van der Waals surface area contributed by atoms with Gasteiger partial charge in [-0.25, -0.2) is 0 Å². The van der Waals surface area contributed by atoms with E-state index in [0.717, 1.165) is 38.6 Å². The van der Waals surface area contributed by atoms with Crippen LogP contribution in [-0.2, 0) is 0 Å². The van der Waals surface area contributed by atoms with E-state index in [4.69, 9.17) is 11.0 Å². The molecule has 0 bridgehead atoms. The lowest BCUT2D eigenvalue weighted by Gasteiger charge is -2.12. The minimum absolute atomic E-state index is 0.0594. The van der Waals surface area contributed by atoms with Gasteiger partial charge in [-0.2, -0.15) is 0 Å². The van der Waals surface area contributed by atoms with Crippen molar-refractivity contribution >= 4 is 43.6 Å². The van der Waals surface area contributed by atoms with Gasteiger partial charge in [-0.15, -0.1) is 0 Å². The largest absolute Gasteiger partial charge is 0.309 e. The van der Waals surface area contributed by atoms with Crippen LogP contribution in [0.1, 0.15) is 11.0 Å². The normalized spacial score (nSPS) is 14.6. The van der Waals surface area contributed by atoms with Gasteiger partial charge in [0.05, 0.1) is 33.0 Å². The summed E-state index contributed by atoms with van der Waals surface area (Å²) in [5.41, 5.74) is 5.57. The SMILES string of the molecule is [2H]c1c([2H])c([2H])c2c(c1[2H])c1c([2H])c([2H])c([2H])c([2H])c1n2-c1ccc2c3ccccc3n(-c3cccc(-c4ccccc4)c3)c2c1. The number of aromatic nitrogens is 2. The highest BCUT2D eigenvalue weighted by Gasteiger charge is 2.16. The van der Waals surface area contributed by atoms with Crippen LogP contribution in [-0.4, -0.2) is 9.13 Å². The molecule has 8 aromatic rings. The molecule has 0 amide bonds. The molecule has 6 aromatic carbocycles. The van der Waals surface area contributed by atoms with E-state index in [9.17, 15) is 0 Å². The van der Waals surface area contributed by atoms with Gasteiger partial charge in [-0.1, -0.05) is 103 Å². The van der Waals surface area contributed by atoms with Crippen molar-refractivity contribution in [3.63, 3.8) is 0 Å². The monoisotopic (exact) mass is 492 g/mol. The predicted molar refractivity (Wildman–Crippen MR) is 161 cm³/mol. The van der Waals surface area contributed by atoms with E-state index in [0.29, 0.717) is 5.69 Å². The molecule has 0 saturated carbocycles. The van der Waals surface area contributed by atoms with Gasteiger partial charge in [-0.3, -0.25) is 0 Å². The topological polar surface area (TPSA) is 9.86 Å². The van der Waals surface area contributed by atoms with E-state index in [1.165, 1.54) is 0 Å². The molecule has 2 heterocycles. The molecule has 178 valence electrons. The van der Waals surface area contributed by atoms with Crippen LogP contribution in [0.4, 0.5) is 0 Å². The third-order valence-corrected chi connectivity index (χ3v) is 7.16. The second kappa shape index (κ2) is 8.22. The summed E-state index contributed by atoms with van der Waals surface area (Å²) in [6, 6.07) is 29.0. The molecule has 0 N–H and O–H groups in total. The molecular weight excluding hydrogens is 460 g/mol. The quantitative estimate of drug-likeness (QED) is 0.232. The summed E-state index contributed by atoms with van der Waals surface area (Å²) in [6.07, 6.45) is 0. The van der Waals surface area contributed by atoms with Crippen LogP contribution in [0, 0.1) is 0 Å². The molecule has 2 aromatic heterocycles. The predicted octanol–water partition coefficient (Wildman–Crippen LogP) is 9.55. The highest BCUT2D eigenvalue weighted by molar-refractivity contribution is 6.12. The van der Waals surface area contributed by atoms with Gasteiger partial charge in [0.2, 0.25) is 0 Å². The molecule has 0 saturated heterocycles. The number of rotatable bonds is 3. The molecule has 38 heavy (non-hydrogen) atoms. The lowest BCUT2D eigenvalue weighted by Crippen LogP contribution is -1.97. The van der Waals surface area contributed by atoms with Crippen molar-refractivity contribution in [1.29, 1.82) is 0 Å². The van der Waals surface area contributed by atoms with Crippen LogP contribution in [0.2, 0.25) is 0 Å². The first-order valence-corrected chi connectivity index (χ1v) is 12.4. The Morgan fingerprint density at radius 1 is 0.395 bits per heavy atom. The zero-order chi connectivity index (χ0) is 32.0. The maximum atomic E-state index is 8.90. The first-order chi connectivity index (χ1) is 22.2. The first-order valence-electron chi connectivity index (χ1n) is 16.4. The standard InChI is InChI=1S/C36H24N2/c1-2-11-25(12-3-1)26-13-10-14-27(23-26)38-35-20-9-6-17-31(35)32-22-21-28(24-36(32)38)37-33-18-7-4-15-29(33)30-16-5-8-19-34(30)37/h1-24H/i4D,5D,7D,8D,15D,16D,18D,19D. The van der Waals surface area contributed by atoms with Gasteiger partial charge < -0.3 is 9.13 Å². The van der Waals surface area contributed by atoms with Crippen molar-refractivity contribution in [2.75, 3.05) is 0 Å². The zero-order valence-corrected chi connectivity index (χ0v) is 20.1. The molecule has 0 unspecified atom stereocenters. The van der Waals surface area contributed by atoms with Gasteiger partial charge in [0.25, 0.3) is 0 Å². The molecule has 0 aliphatic carbocycles. The number of nitrogens with zero attached hydrogens (tertiary/aromatic N) is 2. The van der Waals surface area contributed by atoms with Crippen LogP contribution < -0.4 is 0 Å². The molecule has 0 fully saturated rings. The van der Waals surface area contributed by atoms with Gasteiger partial charge >= 0.3 is 0 Å². The van der Waals surface area contributed by atoms with E-state index in [1.807, 2.05) is 60.7 Å². The van der Waals surface area contributed by atoms with Crippen molar-refractivity contribution in [1.82, 2.24) is 9.13 Å². The van der Waals surface area contributed by atoms with E-state index >= 15 is 0 Å². The molecule has 0 radical (unpaired) electrons. The van der Waals surface area contributed by atoms with Crippen molar-refractivity contribution in [2.45, 2.75) is 0 Å². The van der Waals surface area contributed by atoms with Crippen LogP contribution in [0.5, 0.6) is 0 Å². The van der Waals surface area contributed by atoms with Gasteiger partial charge in [-0.05, 0) is 53.5 Å². The molecule has 8 rings (SSSR count). The number of fused-ring (bicyclic) bond motifs is 6. The minimum atomic E-state index is -0.460. The van der Waals surface area contributed by atoms with Gasteiger partial charge in [0.1, 0.15) is 0 Å². The number of hydrogen-bond donors (Lipinski definition) is 0. The molecule has 2 nitrogen and oxygen atoms in total. The summed E-state index contributed by atoms with van der Waals surface area (Å²) in [6.45, 7) is 0. The average Bonchev–Trinajstić information content (AvgIpc) is 3.62. The Labute approximate surface area is 231 Å². The molecule has 2 heteroatoms. The lowest BCUT2D eigenvalue weighted by molar-refractivity contribution is 1.15. The Morgan fingerprint density at radius 3 is 1.79 bits per heavy atom. The average molecular weight is 493 g/mol. The van der Waals surface area contributed by atoms with Crippen LogP contribution in [0.3, 0.4) is 0 Å². The van der Waals surface area contributed by atoms with E-state index in [1.54, 1.807) is 4.57 Å². The summed E-state index contributed by atoms with van der Waals surface area (Å²) < 4.78 is 72.6. The zero-order valence-electron chi connectivity index (χ0n) is 28.1. The maximum absolute atomic E-state index is 8.90. The number of hydrogen-bond acceptors (Lipinski definition) is 0. The molecule has 0 aliphatic rings. The van der Waals surface area contributed by atoms with Crippen molar-refractivity contribution in [3.05, 3.63) is 145 Å². The number of benzene rings is 6. The Morgan fingerprint density at radius 2 is 1.00 bits per heavy atom. The van der Waals surface area contributed by atoms with Crippen molar-refractivity contribution < 1.29 is 11.0 Å². The highest BCUT2D eigenvalue weighted by Crippen LogP contribution is 2.37. The maximum Gasteiger partial charge on any atom is 0.0645 e. The summed E-state index contributed by atoms with van der Waals surface area (Å²) in [4.78, 5) is 0. The fraction of sp³-hybridized carbons (Fsp3) is 0. The third kappa shape index (κ3) is 3.07. The Kier molecular flexibility index (Phi) is 3.16. The molecule has 0 atom stereocenters. The summed E-state index contributed by atoms with van der Waals surface area (Å²) in [7, 11) is 0. The Hall–Kier alpha value is -5.08. The van der Waals surface area contributed by atoms with Crippen LogP contribution in [0.25, 0.3) is 66.1 Å². The summed E-state index contributed by atoms with van der Waals surface area (Å²) >= 11 is 0. The minimum Gasteiger partial charge on any atom is -0.309 e. The Balaban J connectivity index is 1.51. The van der Waals surface area contributed by atoms with Gasteiger partial charge in [0, 0.05) is 32.9 Å². The third-order valence-electron chi connectivity index (χ3n) is 7.16. The fourth-order valence-corrected chi connectivity index (χ4v) is 5.51. The Bertz CT molecular complexity index is 2490. The van der Waals surface area contributed by atoms with Crippen molar-refractivity contribution in [2.24, 2.45) is 0 Å².